The van der Waals surface area contributed by atoms with Gasteiger partial charge in [0.05, 0.1) is 5.41 Å². The average Bonchev–Trinajstić information content (AvgIpc) is 3.66. The molecule has 0 saturated heterocycles. The molecule has 2 aliphatic carbocycles. The second-order valence-electron chi connectivity index (χ2n) is 11.7. The number of benzene rings is 7. The van der Waals surface area contributed by atoms with E-state index in [4.69, 9.17) is 4.42 Å². The zero-order valence-electron chi connectivity index (χ0n) is 22.8. The molecule has 1 aromatic heterocycles. The molecule has 7 aromatic carbocycles. The van der Waals surface area contributed by atoms with Crippen LogP contribution in [0.15, 0.2) is 150 Å². The molecule has 0 amide bonds. The number of hydrogen-bond donors (Lipinski definition) is 0. The predicted molar refractivity (Wildman–Crippen MR) is 173 cm³/mol. The van der Waals surface area contributed by atoms with Crippen LogP contribution in [-0.2, 0) is 5.41 Å². The molecule has 1 spiro atoms. The molecule has 0 saturated carbocycles. The van der Waals surface area contributed by atoms with Gasteiger partial charge in [0.1, 0.15) is 11.2 Å². The Hall–Kier alpha value is -5.40. The minimum absolute atomic E-state index is 0.359. The highest BCUT2D eigenvalue weighted by Crippen LogP contribution is 2.63. The van der Waals surface area contributed by atoms with Crippen LogP contribution in [0.4, 0.5) is 0 Å². The van der Waals surface area contributed by atoms with Crippen LogP contribution in [0.25, 0.3) is 66.1 Å². The van der Waals surface area contributed by atoms with Crippen molar-refractivity contribution in [3.8, 4) is 33.4 Å². The van der Waals surface area contributed by atoms with Gasteiger partial charge in [0.2, 0.25) is 0 Å². The summed E-state index contributed by atoms with van der Waals surface area (Å²) in [6.45, 7) is 0. The standard InChI is InChI=1S/C41H24O/c1-2-10-26-21-27(18-17-25(26)9-1)28-19-20-32-34-23-33-31-13-5-8-16-37(31)41(38(33)24-40(34)42-39(32)22-28)35-14-6-3-11-29(35)30-12-4-7-15-36(30)41/h1-24H. The molecule has 1 nitrogen and oxygen atoms in total. The summed E-state index contributed by atoms with van der Waals surface area (Å²) in [6, 6.07) is 53.4. The molecule has 0 radical (unpaired) electrons. The summed E-state index contributed by atoms with van der Waals surface area (Å²) in [5.41, 5.74) is 14.5. The maximum Gasteiger partial charge on any atom is 0.136 e. The summed E-state index contributed by atoms with van der Waals surface area (Å²) >= 11 is 0. The predicted octanol–water partition coefficient (Wildman–Crippen LogP) is 10.7. The number of hydrogen-bond acceptors (Lipinski definition) is 1. The summed E-state index contributed by atoms with van der Waals surface area (Å²) in [5, 5.41) is 4.82. The van der Waals surface area contributed by atoms with Gasteiger partial charge >= 0.3 is 0 Å². The van der Waals surface area contributed by atoms with E-state index in [1.165, 1.54) is 71.8 Å². The number of rotatable bonds is 1. The van der Waals surface area contributed by atoms with Crippen LogP contribution in [0, 0.1) is 0 Å². The molecule has 42 heavy (non-hydrogen) atoms. The fourth-order valence-electron chi connectivity index (χ4n) is 7.91. The topological polar surface area (TPSA) is 13.1 Å². The Labute approximate surface area is 243 Å². The molecule has 194 valence electrons. The summed E-state index contributed by atoms with van der Waals surface area (Å²) in [6.07, 6.45) is 0. The Morgan fingerprint density at radius 3 is 1.62 bits per heavy atom. The minimum Gasteiger partial charge on any atom is -0.456 e. The van der Waals surface area contributed by atoms with Gasteiger partial charge < -0.3 is 4.42 Å². The molecule has 10 rings (SSSR count). The van der Waals surface area contributed by atoms with Gasteiger partial charge in [-0.3, -0.25) is 0 Å². The Balaban J connectivity index is 1.24. The Bertz CT molecular complexity index is 2380. The molecule has 0 fully saturated rings. The van der Waals surface area contributed by atoms with E-state index in [0.29, 0.717) is 0 Å². The van der Waals surface area contributed by atoms with Crippen molar-refractivity contribution in [2.45, 2.75) is 5.41 Å². The lowest BCUT2D eigenvalue weighted by Crippen LogP contribution is -2.25. The van der Waals surface area contributed by atoms with Crippen LogP contribution in [0.1, 0.15) is 22.3 Å². The maximum atomic E-state index is 6.70. The maximum absolute atomic E-state index is 6.70. The van der Waals surface area contributed by atoms with Crippen molar-refractivity contribution in [1.82, 2.24) is 0 Å². The molecule has 0 bridgehead atoms. The lowest BCUT2D eigenvalue weighted by atomic mass is 9.70. The average molecular weight is 533 g/mol. The van der Waals surface area contributed by atoms with Gasteiger partial charge in [-0.25, -0.2) is 0 Å². The second kappa shape index (κ2) is 7.87. The summed E-state index contributed by atoms with van der Waals surface area (Å²) < 4.78 is 6.70. The summed E-state index contributed by atoms with van der Waals surface area (Å²) in [7, 11) is 0. The van der Waals surface area contributed by atoms with Gasteiger partial charge in [-0.05, 0) is 96.7 Å². The van der Waals surface area contributed by atoms with Crippen LogP contribution in [0.5, 0.6) is 0 Å². The third-order valence-corrected chi connectivity index (χ3v) is 9.67. The van der Waals surface area contributed by atoms with E-state index in [1.807, 2.05) is 0 Å². The zero-order chi connectivity index (χ0) is 27.4. The first-order chi connectivity index (χ1) is 20.8. The SMILES string of the molecule is c1ccc2c(c1)-c1ccccc1C21c2ccccc2-c2cc3c(cc21)oc1cc(-c2ccc4ccccc4c2)ccc13. The first-order valence-electron chi connectivity index (χ1n) is 14.6. The van der Waals surface area contributed by atoms with Gasteiger partial charge in [-0.15, -0.1) is 0 Å². The Morgan fingerprint density at radius 1 is 0.357 bits per heavy atom. The number of furan rings is 1. The molecule has 0 unspecified atom stereocenters. The van der Waals surface area contributed by atoms with E-state index >= 15 is 0 Å². The van der Waals surface area contributed by atoms with E-state index in [2.05, 4.69) is 146 Å². The van der Waals surface area contributed by atoms with Gasteiger partial charge in [-0.1, -0.05) is 115 Å². The monoisotopic (exact) mass is 532 g/mol. The van der Waals surface area contributed by atoms with Crippen molar-refractivity contribution in [2.75, 3.05) is 0 Å². The number of fused-ring (bicyclic) bond motifs is 14. The normalized spacial score (nSPS) is 13.9. The van der Waals surface area contributed by atoms with E-state index < -0.39 is 0 Å². The molecular formula is C41H24O. The highest BCUT2D eigenvalue weighted by Gasteiger charge is 2.51. The smallest absolute Gasteiger partial charge is 0.136 e. The fraction of sp³-hybridized carbons (Fsp3) is 0.0244. The van der Waals surface area contributed by atoms with Gasteiger partial charge in [0.25, 0.3) is 0 Å². The van der Waals surface area contributed by atoms with Crippen molar-refractivity contribution in [3.05, 3.63) is 168 Å². The molecule has 8 aromatic rings. The van der Waals surface area contributed by atoms with E-state index in [1.54, 1.807) is 0 Å². The molecule has 2 aliphatic rings. The van der Waals surface area contributed by atoms with Gasteiger partial charge in [0.15, 0.2) is 0 Å². The van der Waals surface area contributed by atoms with E-state index in [-0.39, 0.29) is 5.41 Å². The molecular weight excluding hydrogens is 508 g/mol. The molecule has 0 N–H and O–H groups in total. The highest BCUT2D eigenvalue weighted by molar-refractivity contribution is 6.10. The van der Waals surface area contributed by atoms with Crippen LogP contribution in [-0.4, -0.2) is 0 Å². The van der Waals surface area contributed by atoms with E-state index in [0.717, 1.165) is 16.6 Å². The van der Waals surface area contributed by atoms with Crippen molar-refractivity contribution in [2.24, 2.45) is 0 Å². The zero-order valence-corrected chi connectivity index (χ0v) is 22.8. The summed E-state index contributed by atoms with van der Waals surface area (Å²) in [4.78, 5) is 0. The van der Waals surface area contributed by atoms with Crippen molar-refractivity contribution < 1.29 is 4.42 Å². The Morgan fingerprint density at radius 2 is 0.905 bits per heavy atom. The molecule has 1 heterocycles. The molecule has 0 atom stereocenters. The fourth-order valence-corrected chi connectivity index (χ4v) is 7.91. The van der Waals surface area contributed by atoms with Crippen LogP contribution < -0.4 is 0 Å². The van der Waals surface area contributed by atoms with Crippen LogP contribution >= 0.6 is 0 Å². The molecule has 1 heteroatoms. The highest BCUT2D eigenvalue weighted by atomic mass is 16.3. The molecule has 0 aliphatic heterocycles. The van der Waals surface area contributed by atoms with Crippen molar-refractivity contribution in [1.29, 1.82) is 0 Å². The lowest BCUT2D eigenvalue weighted by molar-refractivity contribution is 0.666. The lowest BCUT2D eigenvalue weighted by Gasteiger charge is -2.30. The third kappa shape index (κ3) is 2.69. The van der Waals surface area contributed by atoms with Crippen LogP contribution in [0.3, 0.4) is 0 Å². The minimum atomic E-state index is -0.359. The quantitative estimate of drug-likeness (QED) is 0.205. The first-order valence-corrected chi connectivity index (χ1v) is 14.6. The summed E-state index contributed by atoms with van der Waals surface area (Å²) in [5.74, 6) is 0. The van der Waals surface area contributed by atoms with Gasteiger partial charge in [0, 0.05) is 10.8 Å². The van der Waals surface area contributed by atoms with Crippen LogP contribution in [0.2, 0.25) is 0 Å². The Kier molecular flexibility index (Phi) is 4.18. The van der Waals surface area contributed by atoms with Crippen molar-refractivity contribution >= 4 is 32.7 Å². The second-order valence-corrected chi connectivity index (χ2v) is 11.7. The van der Waals surface area contributed by atoms with E-state index in [9.17, 15) is 0 Å². The largest absolute Gasteiger partial charge is 0.456 e. The van der Waals surface area contributed by atoms with Gasteiger partial charge in [-0.2, -0.15) is 0 Å². The first kappa shape index (κ1) is 22.3. The van der Waals surface area contributed by atoms with Crippen molar-refractivity contribution in [3.63, 3.8) is 0 Å². The third-order valence-electron chi connectivity index (χ3n) is 9.67.